The molecule has 1 N–H and O–H groups in total. The van der Waals surface area contributed by atoms with Gasteiger partial charge in [-0.05, 0) is 30.3 Å². The van der Waals surface area contributed by atoms with E-state index in [0.717, 1.165) is 12.1 Å². The molecule has 22 heavy (non-hydrogen) atoms. The molecule has 0 aromatic heterocycles. The van der Waals surface area contributed by atoms with Crippen LogP contribution in [0.2, 0.25) is 5.02 Å². The third kappa shape index (κ3) is 4.05. The summed E-state index contributed by atoms with van der Waals surface area (Å²) in [6, 6.07) is 11.4. The standard InChI is InChI=1S/C15H13ClFNO3S/c16-14-10-11(17)6-7-13(14)15(19)18-8-9-22(20,21)12-4-2-1-3-5-12/h1-7,10H,8-9H2,(H,18,19). The Morgan fingerprint density at radius 2 is 1.82 bits per heavy atom. The number of hydrogen-bond donors (Lipinski definition) is 1. The summed E-state index contributed by atoms with van der Waals surface area (Å²) < 4.78 is 37.0. The van der Waals surface area contributed by atoms with Crippen LogP contribution in [0.1, 0.15) is 10.4 Å². The smallest absolute Gasteiger partial charge is 0.252 e. The lowest BCUT2D eigenvalue weighted by Crippen LogP contribution is -2.29. The second-order valence-corrected chi connectivity index (χ2v) is 7.03. The van der Waals surface area contributed by atoms with Crippen LogP contribution in [-0.2, 0) is 9.84 Å². The molecule has 116 valence electrons. The van der Waals surface area contributed by atoms with Crippen LogP contribution in [0.4, 0.5) is 4.39 Å². The second kappa shape index (κ2) is 6.89. The first-order chi connectivity index (χ1) is 10.4. The largest absolute Gasteiger partial charge is 0.351 e. The summed E-state index contributed by atoms with van der Waals surface area (Å²) in [5.41, 5.74) is 0.0974. The molecule has 0 aliphatic rings. The van der Waals surface area contributed by atoms with E-state index in [2.05, 4.69) is 5.32 Å². The Morgan fingerprint density at radius 3 is 2.45 bits per heavy atom. The van der Waals surface area contributed by atoms with Crippen LogP contribution in [0.25, 0.3) is 0 Å². The van der Waals surface area contributed by atoms with Crippen molar-refractivity contribution in [2.75, 3.05) is 12.3 Å². The van der Waals surface area contributed by atoms with Gasteiger partial charge < -0.3 is 5.32 Å². The summed E-state index contributed by atoms with van der Waals surface area (Å²) in [6.07, 6.45) is 0. The fraction of sp³-hybridized carbons (Fsp3) is 0.133. The van der Waals surface area contributed by atoms with Gasteiger partial charge in [0.25, 0.3) is 5.91 Å². The van der Waals surface area contributed by atoms with Gasteiger partial charge in [-0.25, -0.2) is 12.8 Å². The number of nitrogens with one attached hydrogen (secondary N) is 1. The summed E-state index contributed by atoms with van der Waals surface area (Å²) in [4.78, 5) is 12.1. The van der Waals surface area contributed by atoms with E-state index in [1.165, 1.54) is 18.2 Å². The lowest BCUT2D eigenvalue weighted by Gasteiger charge is -2.08. The van der Waals surface area contributed by atoms with E-state index in [1.807, 2.05) is 0 Å². The van der Waals surface area contributed by atoms with E-state index < -0.39 is 21.6 Å². The molecule has 0 aliphatic carbocycles. The van der Waals surface area contributed by atoms with Crippen molar-refractivity contribution in [1.29, 1.82) is 0 Å². The molecule has 2 aromatic rings. The molecule has 7 heteroatoms. The van der Waals surface area contributed by atoms with Crippen molar-refractivity contribution in [2.45, 2.75) is 4.90 Å². The number of halogens is 2. The predicted octanol–water partition coefficient (Wildman–Crippen LogP) is 2.68. The Morgan fingerprint density at radius 1 is 1.14 bits per heavy atom. The molecule has 0 bridgehead atoms. The first-order valence-electron chi connectivity index (χ1n) is 6.41. The Hall–Kier alpha value is -1.92. The van der Waals surface area contributed by atoms with Crippen LogP contribution < -0.4 is 5.32 Å². The molecular weight excluding hydrogens is 329 g/mol. The van der Waals surface area contributed by atoms with E-state index in [4.69, 9.17) is 11.6 Å². The molecule has 1 amide bonds. The van der Waals surface area contributed by atoms with Gasteiger partial charge in [-0.1, -0.05) is 29.8 Å². The molecule has 0 spiro atoms. The van der Waals surface area contributed by atoms with Gasteiger partial charge in [-0.15, -0.1) is 0 Å². The average molecular weight is 342 g/mol. The molecule has 0 saturated heterocycles. The molecule has 2 aromatic carbocycles. The highest BCUT2D eigenvalue weighted by Crippen LogP contribution is 2.17. The van der Waals surface area contributed by atoms with E-state index in [0.29, 0.717) is 0 Å². The molecule has 0 heterocycles. The van der Waals surface area contributed by atoms with Gasteiger partial charge in [0.1, 0.15) is 5.82 Å². The molecule has 0 saturated carbocycles. The summed E-state index contributed by atoms with van der Waals surface area (Å²) in [5, 5.41) is 2.44. The van der Waals surface area contributed by atoms with Crippen LogP contribution in [0.5, 0.6) is 0 Å². The van der Waals surface area contributed by atoms with Crippen molar-refractivity contribution in [2.24, 2.45) is 0 Å². The van der Waals surface area contributed by atoms with Crippen LogP contribution in [0.3, 0.4) is 0 Å². The minimum atomic E-state index is -3.46. The monoisotopic (exact) mass is 341 g/mol. The zero-order chi connectivity index (χ0) is 16.2. The molecule has 0 aliphatic heterocycles. The highest BCUT2D eigenvalue weighted by atomic mass is 35.5. The SMILES string of the molecule is O=C(NCCS(=O)(=O)c1ccccc1)c1ccc(F)cc1Cl. The molecule has 0 fully saturated rings. The number of carbonyl (C=O) groups excluding carboxylic acids is 1. The Balaban J connectivity index is 1.98. The number of benzene rings is 2. The van der Waals surface area contributed by atoms with Crippen LogP contribution in [0.15, 0.2) is 53.4 Å². The molecule has 0 unspecified atom stereocenters. The number of hydrogen-bond acceptors (Lipinski definition) is 3. The van der Waals surface area contributed by atoms with Gasteiger partial charge in [0.15, 0.2) is 9.84 Å². The van der Waals surface area contributed by atoms with E-state index in [9.17, 15) is 17.6 Å². The Bertz CT molecular complexity index is 779. The third-order valence-corrected chi connectivity index (χ3v) is 4.98. The van der Waals surface area contributed by atoms with E-state index >= 15 is 0 Å². The van der Waals surface area contributed by atoms with Gasteiger partial charge in [0.05, 0.1) is 21.2 Å². The van der Waals surface area contributed by atoms with E-state index in [1.54, 1.807) is 18.2 Å². The number of sulfone groups is 1. The van der Waals surface area contributed by atoms with Gasteiger partial charge >= 0.3 is 0 Å². The van der Waals surface area contributed by atoms with Crippen molar-refractivity contribution in [3.8, 4) is 0 Å². The maximum atomic E-state index is 12.9. The molecule has 2 rings (SSSR count). The van der Waals surface area contributed by atoms with Crippen molar-refractivity contribution in [3.63, 3.8) is 0 Å². The summed E-state index contributed by atoms with van der Waals surface area (Å²) in [6.45, 7) is -0.0657. The molecule has 0 radical (unpaired) electrons. The van der Waals surface area contributed by atoms with Crippen molar-refractivity contribution in [3.05, 3.63) is 64.9 Å². The normalized spacial score (nSPS) is 11.2. The minimum absolute atomic E-state index is 0.0246. The minimum Gasteiger partial charge on any atom is -0.351 e. The average Bonchev–Trinajstić information content (AvgIpc) is 2.47. The Kier molecular flexibility index (Phi) is 5.15. The molecular formula is C15H13ClFNO3S. The number of amides is 1. The topological polar surface area (TPSA) is 63.2 Å². The van der Waals surface area contributed by atoms with Gasteiger partial charge in [-0.3, -0.25) is 4.79 Å². The van der Waals surface area contributed by atoms with Crippen molar-refractivity contribution < 1.29 is 17.6 Å². The van der Waals surface area contributed by atoms with Gasteiger partial charge in [0.2, 0.25) is 0 Å². The second-order valence-electron chi connectivity index (χ2n) is 4.51. The first kappa shape index (κ1) is 16.5. The highest BCUT2D eigenvalue weighted by Gasteiger charge is 2.15. The maximum absolute atomic E-state index is 12.9. The fourth-order valence-electron chi connectivity index (χ4n) is 1.81. The highest BCUT2D eigenvalue weighted by molar-refractivity contribution is 7.91. The first-order valence-corrected chi connectivity index (χ1v) is 8.44. The quantitative estimate of drug-likeness (QED) is 0.909. The lowest BCUT2D eigenvalue weighted by atomic mass is 10.2. The van der Waals surface area contributed by atoms with Crippen molar-refractivity contribution in [1.82, 2.24) is 5.32 Å². The van der Waals surface area contributed by atoms with Gasteiger partial charge in [0, 0.05) is 6.54 Å². The van der Waals surface area contributed by atoms with Crippen molar-refractivity contribution >= 4 is 27.3 Å². The fourth-order valence-corrected chi connectivity index (χ4v) is 3.24. The predicted molar refractivity (Wildman–Crippen MR) is 82.2 cm³/mol. The van der Waals surface area contributed by atoms with Gasteiger partial charge in [-0.2, -0.15) is 0 Å². The summed E-state index contributed by atoms with van der Waals surface area (Å²) in [7, 11) is -3.46. The zero-order valence-electron chi connectivity index (χ0n) is 11.4. The maximum Gasteiger partial charge on any atom is 0.252 e. The zero-order valence-corrected chi connectivity index (χ0v) is 13.0. The third-order valence-electron chi connectivity index (χ3n) is 2.93. The van der Waals surface area contributed by atoms with E-state index in [-0.39, 0.29) is 27.8 Å². The number of rotatable bonds is 5. The van der Waals surface area contributed by atoms with Crippen LogP contribution in [-0.4, -0.2) is 26.6 Å². The molecule has 0 atom stereocenters. The van der Waals surface area contributed by atoms with Crippen LogP contribution >= 0.6 is 11.6 Å². The number of carbonyl (C=O) groups is 1. The summed E-state index contributed by atoms with van der Waals surface area (Å²) in [5.74, 6) is -1.33. The summed E-state index contributed by atoms with van der Waals surface area (Å²) >= 11 is 5.77. The Labute approximate surface area is 132 Å². The lowest BCUT2D eigenvalue weighted by molar-refractivity contribution is 0.0956. The van der Waals surface area contributed by atoms with Crippen LogP contribution in [0, 0.1) is 5.82 Å². The molecule has 4 nitrogen and oxygen atoms in total.